The standard InChI is InChI=1S/C12H15N3OS/c1-9-6-11(16-3)5-4-10(9)7-15(2)12-13-8-14-17-12/h4-6,8H,7H2,1-3H3. The Morgan fingerprint density at radius 2 is 2.24 bits per heavy atom. The molecule has 0 aliphatic carbocycles. The second-order valence-electron chi connectivity index (χ2n) is 3.87. The lowest BCUT2D eigenvalue weighted by Crippen LogP contribution is -2.16. The molecule has 17 heavy (non-hydrogen) atoms. The fourth-order valence-electron chi connectivity index (χ4n) is 1.63. The van der Waals surface area contributed by atoms with Crippen LogP contribution in [0.5, 0.6) is 5.75 Å². The molecule has 0 N–H and O–H groups in total. The van der Waals surface area contributed by atoms with Crippen LogP contribution in [0.4, 0.5) is 5.13 Å². The van der Waals surface area contributed by atoms with Crippen molar-refractivity contribution in [3.8, 4) is 5.75 Å². The molecule has 0 aliphatic rings. The molecule has 1 aromatic carbocycles. The number of aromatic nitrogens is 2. The van der Waals surface area contributed by atoms with Gasteiger partial charge in [0.05, 0.1) is 7.11 Å². The summed E-state index contributed by atoms with van der Waals surface area (Å²) >= 11 is 1.40. The van der Waals surface area contributed by atoms with E-state index in [0.29, 0.717) is 0 Å². The number of aryl methyl sites for hydroxylation is 1. The van der Waals surface area contributed by atoms with Crippen LogP contribution in [0.3, 0.4) is 0 Å². The van der Waals surface area contributed by atoms with Crippen LogP contribution in [0, 0.1) is 6.92 Å². The fraction of sp³-hybridized carbons (Fsp3) is 0.333. The minimum Gasteiger partial charge on any atom is -0.497 e. The molecule has 90 valence electrons. The molecule has 5 heteroatoms. The van der Waals surface area contributed by atoms with E-state index in [4.69, 9.17) is 4.74 Å². The van der Waals surface area contributed by atoms with Gasteiger partial charge in [0.15, 0.2) is 0 Å². The van der Waals surface area contributed by atoms with E-state index in [1.54, 1.807) is 13.4 Å². The summed E-state index contributed by atoms with van der Waals surface area (Å²) in [5.74, 6) is 0.893. The SMILES string of the molecule is COc1ccc(CN(C)c2ncns2)c(C)c1. The third-order valence-electron chi connectivity index (χ3n) is 2.63. The maximum absolute atomic E-state index is 5.19. The Hall–Kier alpha value is -1.62. The average molecular weight is 249 g/mol. The normalized spacial score (nSPS) is 10.3. The number of benzene rings is 1. The summed E-state index contributed by atoms with van der Waals surface area (Å²) in [6.45, 7) is 2.91. The summed E-state index contributed by atoms with van der Waals surface area (Å²) in [5.41, 5.74) is 2.49. The number of ether oxygens (including phenoxy) is 1. The molecule has 0 saturated carbocycles. The minimum absolute atomic E-state index is 0.824. The number of anilines is 1. The van der Waals surface area contributed by atoms with Gasteiger partial charge in [-0.2, -0.15) is 4.37 Å². The fourth-order valence-corrected chi connectivity index (χ4v) is 2.12. The number of methoxy groups -OCH3 is 1. The van der Waals surface area contributed by atoms with E-state index in [-0.39, 0.29) is 0 Å². The zero-order valence-corrected chi connectivity index (χ0v) is 11.0. The summed E-state index contributed by atoms with van der Waals surface area (Å²) in [5, 5.41) is 0.931. The van der Waals surface area contributed by atoms with Crippen molar-refractivity contribution in [2.45, 2.75) is 13.5 Å². The van der Waals surface area contributed by atoms with Crippen molar-refractivity contribution >= 4 is 16.7 Å². The summed E-state index contributed by atoms with van der Waals surface area (Å²) in [6, 6.07) is 6.12. The van der Waals surface area contributed by atoms with E-state index >= 15 is 0 Å². The lowest BCUT2D eigenvalue weighted by molar-refractivity contribution is 0.414. The predicted molar refractivity (Wildman–Crippen MR) is 69.7 cm³/mol. The first-order chi connectivity index (χ1) is 8.20. The van der Waals surface area contributed by atoms with Crippen molar-refractivity contribution in [1.82, 2.24) is 9.36 Å². The van der Waals surface area contributed by atoms with Crippen molar-refractivity contribution in [3.63, 3.8) is 0 Å². The van der Waals surface area contributed by atoms with E-state index in [1.807, 2.05) is 19.2 Å². The highest BCUT2D eigenvalue weighted by Gasteiger charge is 2.07. The maximum Gasteiger partial charge on any atom is 0.204 e. The van der Waals surface area contributed by atoms with Crippen molar-refractivity contribution in [1.29, 1.82) is 0 Å². The average Bonchev–Trinajstić information content (AvgIpc) is 2.85. The quantitative estimate of drug-likeness (QED) is 0.834. The molecule has 1 aromatic heterocycles. The molecule has 0 unspecified atom stereocenters. The van der Waals surface area contributed by atoms with Gasteiger partial charge < -0.3 is 9.64 Å². The van der Waals surface area contributed by atoms with Crippen LogP contribution in [-0.4, -0.2) is 23.5 Å². The van der Waals surface area contributed by atoms with Crippen molar-refractivity contribution < 1.29 is 4.74 Å². The van der Waals surface area contributed by atoms with Gasteiger partial charge in [-0.15, -0.1) is 0 Å². The lowest BCUT2D eigenvalue weighted by Gasteiger charge is -2.17. The Labute approximate surface area is 105 Å². The van der Waals surface area contributed by atoms with Gasteiger partial charge in [0, 0.05) is 25.1 Å². The second-order valence-corrected chi connectivity index (χ2v) is 4.63. The molecule has 0 bridgehead atoms. The monoisotopic (exact) mass is 249 g/mol. The van der Waals surface area contributed by atoms with Crippen molar-refractivity contribution in [2.75, 3.05) is 19.1 Å². The Morgan fingerprint density at radius 3 is 2.82 bits per heavy atom. The van der Waals surface area contributed by atoms with Gasteiger partial charge in [0.1, 0.15) is 12.1 Å². The van der Waals surface area contributed by atoms with Crippen LogP contribution in [0.1, 0.15) is 11.1 Å². The molecule has 0 radical (unpaired) electrons. The molecular formula is C12H15N3OS. The summed E-state index contributed by atoms with van der Waals surface area (Å²) in [6.07, 6.45) is 1.58. The molecule has 0 atom stereocenters. The molecule has 0 amide bonds. The molecule has 4 nitrogen and oxygen atoms in total. The molecule has 0 fully saturated rings. The van der Waals surface area contributed by atoms with Gasteiger partial charge in [-0.1, -0.05) is 6.07 Å². The third-order valence-corrected chi connectivity index (χ3v) is 3.41. The van der Waals surface area contributed by atoms with Crippen LogP contribution < -0.4 is 9.64 Å². The van der Waals surface area contributed by atoms with Crippen molar-refractivity contribution in [3.05, 3.63) is 35.7 Å². The molecular weight excluding hydrogens is 234 g/mol. The number of hydrogen-bond acceptors (Lipinski definition) is 5. The van der Waals surface area contributed by atoms with Crippen LogP contribution in [-0.2, 0) is 6.54 Å². The molecule has 0 spiro atoms. The first-order valence-electron chi connectivity index (χ1n) is 5.32. The van der Waals surface area contributed by atoms with Crippen LogP contribution in [0.25, 0.3) is 0 Å². The highest BCUT2D eigenvalue weighted by molar-refractivity contribution is 7.09. The highest BCUT2D eigenvalue weighted by Crippen LogP contribution is 2.21. The first-order valence-corrected chi connectivity index (χ1v) is 6.09. The summed E-state index contributed by atoms with van der Waals surface area (Å²) in [4.78, 5) is 6.27. The van der Waals surface area contributed by atoms with E-state index in [2.05, 4.69) is 27.2 Å². The van der Waals surface area contributed by atoms with Crippen molar-refractivity contribution in [2.24, 2.45) is 0 Å². The number of nitrogens with zero attached hydrogens (tertiary/aromatic N) is 3. The topological polar surface area (TPSA) is 38.2 Å². The van der Waals surface area contributed by atoms with Crippen LogP contribution in [0.2, 0.25) is 0 Å². The first kappa shape index (κ1) is 11.9. The van der Waals surface area contributed by atoms with Gasteiger partial charge in [-0.25, -0.2) is 4.98 Å². The molecule has 1 heterocycles. The summed E-state index contributed by atoms with van der Waals surface area (Å²) in [7, 11) is 3.70. The maximum atomic E-state index is 5.19. The lowest BCUT2D eigenvalue weighted by atomic mass is 10.1. The zero-order chi connectivity index (χ0) is 12.3. The van der Waals surface area contributed by atoms with Gasteiger partial charge >= 0.3 is 0 Å². The second kappa shape index (κ2) is 5.14. The Balaban J connectivity index is 2.13. The van der Waals surface area contributed by atoms with Gasteiger partial charge in [0.25, 0.3) is 0 Å². The molecule has 2 aromatic rings. The van der Waals surface area contributed by atoms with Crippen LogP contribution in [0.15, 0.2) is 24.5 Å². The highest BCUT2D eigenvalue weighted by atomic mass is 32.1. The Bertz CT molecular complexity index is 485. The van der Waals surface area contributed by atoms with Gasteiger partial charge in [-0.05, 0) is 30.2 Å². The Morgan fingerprint density at radius 1 is 1.41 bits per heavy atom. The minimum atomic E-state index is 0.824. The number of hydrogen-bond donors (Lipinski definition) is 0. The third kappa shape index (κ3) is 2.74. The largest absolute Gasteiger partial charge is 0.497 e. The Kier molecular flexibility index (Phi) is 3.58. The zero-order valence-electron chi connectivity index (χ0n) is 10.2. The van der Waals surface area contributed by atoms with Gasteiger partial charge in [-0.3, -0.25) is 0 Å². The van der Waals surface area contributed by atoms with E-state index in [0.717, 1.165) is 17.4 Å². The summed E-state index contributed by atoms with van der Waals surface area (Å²) < 4.78 is 9.20. The molecule has 2 rings (SSSR count). The van der Waals surface area contributed by atoms with Gasteiger partial charge in [0.2, 0.25) is 5.13 Å². The van der Waals surface area contributed by atoms with E-state index in [1.165, 1.54) is 22.7 Å². The number of rotatable bonds is 4. The molecule has 0 saturated heterocycles. The van der Waals surface area contributed by atoms with E-state index < -0.39 is 0 Å². The smallest absolute Gasteiger partial charge is 0.204 e. The van der Waals surface area contributed by atoms with Crippen LogP contribution >= 0.6 is 11.5 Å². The molecule has 0 aliphatic heterocycles. The van der Waals surface area contributed by atoms with E-state index in [9.17, 15) is 0 Å². The predicted octanol–water partition coefficient (Wildman–Crippen LogP) is 2.49.